The average Bonchev–Trinajstić information content (AvgIpc) is 3.20. The second-order valence-electron chi connectivity index (χ2n) is 6.84. The minimum absolute atomic E-state index is 0.140. The molecular formula is C19H24N2O4. The summed E-state index contributed by atoms with van der Waals surface area (Å²) in [5.74, 6) is 0.501. The van der Waals surface area contributed by atoms with Crippen LogP contribution in [0, 0.1) is 6.92 Å². The van der Waals surface area contributed by atoms with Gasteiger partial charge in [-0.05, 0) is 25.1 Å². The maximum atomic E-state index is 13.0. The highest BCUT2D eigenvalue weighted by atomic mass is 16.7. The Morgan fingerprint density at radius 1 is 1.28 bits per heavy atom. The molecule has 0 atom stereocenters. The van der Waals surface area contributed by atoms with Gasteiger partial charge in [0.25, 0.3) is 0 Å². The molecule has 1 spiro atoms. The Kier molecular flexibility index (Phi) is 4.27. The molecule has 0 amide bonds. The second kappa shape index (κ2) is 6.44. The number of ketones is 1. The van der Waals surface area contributed by atoms with E-state index in [0.717, 1.165) is 53.8 Å². The molecule has 1 aromatic carbocycles. The number of aryl methyl sites for hydroxylation is 1. The third-order valence-electron chi connectivity index (χ3n) is 5.27. The highest BCUT2D eigenvalue weighted by Gasteiger charge is 2.40. The maximum absolute atomic E-state index is 13.0. The van der Waals surface area contributed by atoms with Gasteiger partial charge in [0.1, 0.15) is 5.75 Å². The van der Waals surface area contributed by atoms with Gasteiger partial charge in [-0.25, -0.2) is 0 Å². The van der Waals surface area contributed by atoms with Crippen LogP contribution in [0.25, 0.3) is 10.9 Å². The lowest BCUT2D eigenvalue weighted by molar-refractivity contribution is -0.184. The van der Waals surface area contributed by atoms with Gasteiger partial charge in [-0.2, -0.15) is 0 Å². The number of aromatic nitrogens is 1. The first kappa shape index (κ1) is 16.6. The van der Waals surface area contributed by atoms with Crippen LogP contribution >= 0.6 is 0 Å². The van der Waals surface area contributed by atoms with Crippen molar-refractivity contribution in [2.75, 3.05) is 40.0 Å². The lowest BCUT2D eigenvalue weighted by atomic mass is 10.0. The summed E-state index contributed by atoms with van der Waals surface area (Å²) in [7, 11) is 1.64. The van der Waals surface area contributed by atoms with Crippen molar-refractivity contribution in [3.05, 3.63) is 29.5 Å². The van der Waals surface area contributed by atoms with Crippen molar-refractivity contribution in [1.29, 1.82) is 0 Å². The van der Waals surface area contributed by atoms with Gasteiger partial charge in [0, 0.05) is 48.1 Å². The minimum Gasteiger partial charge on any atom is -0.497 e. The smallest absolute Gasteiger partial charge is 0.179 e. The van der Waals surface area contributed by atoms with E-state index in [1.807, 2.05) is 25.1 Å². The van der Waals surface area contributed by atoms with E-state index >= 15 is 0 Å². The number of hydrogen-bond acceptors (Lipinski definition) is 5. The quantitative estimate of drug-likeness (QED) is 0.864. The van der Waals surface area contributed by atoms with Crippen LogP contribution in [0.2, 0.25) is 0 Å². The van der Waals surface area contributed by atoms with Gasteiger partial charge in [-0.15, -0.1) is 0 Å². The fourth-order valence-electron chi connectivity index (χ4n) is 3.91. The molecule has 0 bridgehead atoms. The van der Waals surface area contributed by atoms with Crippen LogP contribution in [-0.4, -0.2) is 61.4 Å². The Balaban J connectivity index is 1.50. The Bertz CT molecular complexity index is 782. The summed E-state index contributed by atoms with van der Waals surface area (Å²) in [6.07, 6.45) is 1.64. The highest BCUT2D eigenvalue weighted by molar-refractivity contribution is 6.10. The fraction of sp³-hybridized carbons (Fsp3) is 0.526. The van der Waals surface area contributed by atoms with Crippen molar-refractivity contribution in [3.63, 3.8) is 0 Å². The summed E-state index contributed by atoms with van der Waals surface area (Å²) >= 11 is 0. The number of fused-ring (bicyclic) bond motifs is 1. The number of carbonyl (C=O) groups is 1. The molecule has 3 heterocycles. The van der Waals surface area contributed by atoms with E-state index in [-0.39, 0.29) is 5.78 Å². The number of methoxy groups -OCH3 is 1. The van der Waals surface area contributed by atoms with Gasteiger partial charge in [0.2, 0.25) is 0 Å². The SMILES string of the molecule is COc1ccc2[nH]c(C)c(C(=O)CN3CCC4(CC3)OCCO4)c2c1. The van der Waals surface area contributed by atoms with E-state index in [1.54, 1.807) is 7.11 Å². The van der Waals surface area contributed by atoms with E-state index in [0.29, 0.717) is 19.8 Å². The molecular weight excluding hydrogens is 320 g/mol. The van der Waals surface area contributed by atoms with Gasteiger partial charge in [0.15, 0.2) is 11.6 Å². The monoisotopic (exact) mass is 344 g/mol. The van der Waals surface area contributed by atoms with E-state index in [2.05, 4.69) is 9.88 Å². The highest BCUT2D eigenvalue weighted by Crippen LogP contribution is 2.32. The third-order valence-corrected chi connectivity index (χ3v) is 5.27. The normalized spacial score (nSPS) is 20.4. The Morgan fingerprint density at radius 3 is 2.68 bits per heavy atom. The summed E-state index contributed by atoms with van der Waals surface area (Å²) in [4.78, 5) is 18.4. The van der Waals surface area contributed by atoms with Crippen molar-refractivity contribution in [2.24, 2.45) is 0 Å². The predicted molar refractivity (Wildman–Crippen MR) is 94.2 cm³/mol. The molecule has 134 valence electrons. The first-order valence-corrected chi connectivity index (χ1v) is 8.80. The van der Waals surface area contributed by atoms with Crippen molar-refractivity contribution in [3.8, 4) is 5.75 Å². The number of nitrogens with zero attached hydrogens (tertiary/aromatic N) is 1. The number of ether oxygens (including phenoxy) is 3. The lowest BCUT2D eigenvalue weighted by Gasteiger charge is -2.37. The van der Waals surface area contributed by atoms with Crippen molar-refractivity contribution >= 4 is 16.7 Å². The summed E-state index contributed by atoms with van der Waals surface area (Å²) in [5, 5.41) is 0.929. The predicted octanol–water partition coefficient (Wildman–Crippen LogP) is 2.51. The van der Waals surface area contributed by atoms with E-state index in [9.17, 15) is 4.79 Å². The van der Waals surface area contributed by atoms with Gasteiger partial charge < -0.3 is 19.2 Å². The summed E-state index contributed by atoms with van der Waals surface area (Å²) in [6.45, 7) is 5.35. The first-order valence-electron chi connectivity index (χ1n) is 8.80. The van der Waals surface area contributed by atoms with Crippen LogP contribution in [0.3, 0.4) is 0 Å². The van der Waals surface area contributed by atoms with Crippen LogP contribution < -0.4 is 4.74 Å². The van der Waals surface area contributed by atoms with Gasteiger partial charge in [-0.1, -0.05) is 0 Å². The van der Waals surface area contributed by atoms with Gasteiger partial charge in [0.05, 0.1) is 26.9 Å². The van der Waals surface area contributed by atoms with Crippen molar-refractivity contribution < 1.29 is 19.0 Å². The summed E-state index contributed by atoms with van der Waals surface area (Å²) in [6, 6.07) is 5.78. The third kappa shape index (κ3) is 3.05. The van der Waals surface area contributed by atoms with Crippen molar-refractivity contribution in [1.82, 2.24) is 9.88 Å². The molecule has 1 N–H and O–H groups in total. The molecule has 0 radical (unpaired) electrons. The molecule has 6 heteroatoms. The fourth-order valence-corrected chi connectivity index (χ4v) is 3.91. The van der Waals surface area contributed by atoms with Crippen LogP contribution in [0.15, 0.2) is 18.2 Å². The van der Waals surface area contributed by atoms with Gasteiger partial charge >= 0.3 is 0 Å². The number of hydrogen-bond donors (Lipinski definition) is 1. The zero-order valence-electron chi connectivity index (χ0n) is 14.8. The molecule has 2 aromatic rings. The topological polar surface area (TPSA) is 63.8 Å². The molecule has 1 aromatic heterocycles. The van der Waals surface area contributed by atoms with Crippen LogP contribution in [0.5, 0.6) is 5.75 Å². The number of benzene rings is 1. The number of likely N-dealkylation sites (tertiary alicyclic amines) is 1. The lowest BCUT2D eigenvalue weighted by Crippen LogP contribution is -2.46. The second-order valence-corrected chi connectivity index (χ2v) is 6.84. The van der Waals surface area contributed by atoms with E-state index < -0.39 is 5.79 Å². The van der Waals surface area contributed by atoms with Crippen LogP contribution in [0.4, 0.5) is 0 Å². The first-order chi connectivity index (χ1) is 12.1. The molecule has 0 unspecified atom stereocenters. The molecule has 0 saturated carbocycles. The van der Waals surface area contributed by atoms with E-state index in [4.69, 9.17) is 14.2 Å². The van der Waals surface area contributed by atoms with E-state index in [1.165, 1.54) is 0 Å². The minimum atomic E-state index is -0.399. The Hall–Kier alpha value is -1.89. The number of piperidine rings is 1. The largest absolute Gasteiger partial charge is 0.497 e. The zero-order chi connectivity index (χ0) is 17.4. The zero-order valence-corrected chi connectivity index (χ0v) is 14.8. The molecule has 0 aliphatic carbocycles. The molecule has 4 rings (SSSR count). The van der Waals surface area contributed by atoms with Crippen LogP contribution in [0.1, 0.15) is 28.9 Å². The molecule has 25 heavy (non-hydrogen) atoms. The number of Topliss-reactive ketones (excluding diaryl/α,β-unsaturated/α-hetero) is 1. The standard InChI is InChI=1S/C19H24N2O4/c1-13-18(15-11-14(23-2)3-4-16(15)20-13)17(22)12-21-7-5-19(6-8-21)24-9-10-25-19/h3-4,11,20H,5-10,12H2,1-2H3. The number of aromatic amines is 1. The number of carbonyl (C=O) groups excluding carboxylic acids is 1. The molecule has 6 nitrogen and oxygen atoms in total. The number of H-pyrrole nitrogens is 1. The molecule has 2 fully saturated rings. The molecule has 2 saturated heterocycles. The number of nitrogens with one attached hydrogen (secondary N) is 1. The average molecular weight is 344 g/mol. The maximum Gasteiger partial charge on any atom is 0.179 e. The Labute approximate surface area is 147 Å². The van der Waals surface area contributed by atoms with Crippen LogP contribution in [-0.2, 0) is 9.47 Å². The summed E-state index contributed by atoms with van der Waals surface area (Å²) < 4.78 is 16.8. The molecule has 2 aliphatic heterocycles. The van der Waals surface area contributed by atoms with Gasteiger partial charge in [-0.3, -0.25) is 9.69 Å². The summed E-state index contributed by atoms with van der Waals surface area (Å²) in [5.41, 5.74) is 2.64. The van der Waals surface area contributed by atoms with Crippen molar-refractivity contribution in [2.45, 2.75) is 25.6 Å². The number of rotatable bonds is 4. The Morgan fingerprint density at radius 2 is 2.00 bits per heavy atom. The molecule has 2 aliphatic rings.